The molecule has 2 heterocycles. The van der Waals surface area contributed by atoms with E-state index in [1.54, 1.807) is 16.7 Å². The van der Waals surface area contributed by atoms with Crippen molar-refractivity contribution in [1.29, 1.82) is 0 Å². The van der Waals surface area contributed by atoms with Crippen molar-refractivity contribution >= 4 is 29.8 Å². The molecule has 3 N–H and O–H groups in total. The lowest BCUT2D eigenvalue weighted by Gasteiger charge is -2.34. The topological polar surface area (TPSA) is 155 Å². The molecule has 46 heavy (non-hydrogen) atoms. The second kappa shape index (κ2) is 17.2. The number of esters is 1. The zero-order chi connectivity index (χ0) is 32.9. The van der Waals surface area contributed by atoms with E-state index in [-0.39, 0.29) is 49.0 Å². The number of carbonyl (C=O) groups excluding carboxylic acids is 5. The second-order valence-electron chi connectivity index (χ2n) is 11.8. The number of aromatic hydroxyl groups is 1. The largest absolute Gasteiger partial charge is 0.508 e. The number of carbonyl (C=O) groups is 5. The van der Waals surface area contributed by atoms with Gasteiger partial charge >= 0.3 is 12.1 Å². The van der Waals surface area contributed by atoms with Gasteiger partial charge in [-0.25, -0.2) is 9.59 Å². The molecule has 2 fully saturated rings. The van der Waals surface area contributed by atoms with Crippen molar-refractivity contribution in [2.75, 3.05) is 39.3 Å². The van der Waals surface area contributed by atoms with Gasteiger partial charge in [-0.1, -0.05) is 30.3 Å². The Balaban J connectivity index is 1.18. The van der Waals surface area contributed by atoms with Crippen molar-refractivity contribution in [3.63, 3.8) is 0 Å². The molecule has 4 amide bonds. The Hall–Kier alpha value is -4.61. The lowest BCUT2D eigenvalue weighted by molar-refractivity contribution is -0.145. The number of hydrogen-bond acceptors (Lipinski definition) is 8. The molecule has 4 rings (SSSR count). The van der Waals surface area contributed by atoms with Crippen molar-refractivity contribution in [2.24, 2.45) is 11.8 Å². The highest BCUT2D eigenvalue weighted by Gasteiger charge is 2.31. The van der Waals surface area contributed by atoms with Crippen LogP contribution in [0.25, 0.3) is 0 Å². The van der Waals surface area contributed by atoms with Crippen LogP contribution in [-0.2, 0) is 30.5 Å². The molecule has 248 valence electrons. The van der Waals surface area contributed by atoms with E-state index in [2.05, 4.69) is 10.6 Å². The average Bonchev–Trinajstić information content (AvgIpc) is 3.08. The summed E-state index contributed by atoms with van der Waals surface area (Å²) in [7, 11) is 0. The normalized spacial score (nSPS) is 17.5. The molecular weight excluding hydrogens is 592 g/mol. The first-order valence-corrected chi connectivity index (χ1v) is 16.0. The number of benzene rings is 2. The van der Waals surface area contributed by atoms with Crippen molar-refractivity contribution in [3.8, 4) is 5.75 Å². The fourth-order valence-electron chi connectivity index (χ4n) is 5.76. The quantitative estimate of drug-likeness (QED) is 0.300. The molecule has 0 spiro atoms. The van der Waals surface area contributed by atoms with Gasteiger partial charge in [-0.05, 0) is 74.8 Å². The third-order valence-corrected chi connectivity index (χ3v) is 8.48. The Bertz CT molecular complexity index is 1330. The van der Waals surface area contributed by atoms with Gasteiger partial charge in [0, 0.05) is 44.7 Å². The fraction of sp³-hybridized carbons (Fsp3) is 0.500. The number of ether oxygens (including phenoxy) is 2. The molecule has 2 aliphatic heterocycles. The number of phenolic OH excluding ortho intramolecular Hbond substituents is 1. The maximum atomic E-state index is 13.1. The Kier molecular flexibility index (Phi) is 12.8. The van der Waals surface area contributed by atoms with Gasteiger partial charge in [0.25, 0.3) is 5.91 Å². The van der Waals surface area contributed by atoms with Gasteiger partial charge in [0.2, 0.25) is 11.8 Å². The molecule has 0 aliphatic carbocycles. The summed E-state index contributed by atoms with van der Waals surface area (Å²) in [5.41, 5.74) is 1.18. The summed E-state index contributed by atoms with van der Waals surface area (Å²) >= 11 is 0. The molecule has 12 heteroatoms. The molecule has 2 aromatic carbocycles. The van der Waals surface area contributed by atoms with E-state index in [1.165, 1.54) is 24.3 Å². The molecule has 0 aromatic heterocycles. The standard InChI is InChI=1S/C34H44N4O8/c1-2-45-33(43)29(36-32(42)26-11-13-28(39)14-12-26)21-35-31(41)27-9-6-18-38(22-27)30(40)15-10-24-16-19-37(20-17-24)34(44)46-23-25-7-4-3-5-8-25/h3-5,7-8,11-14,24,27,29,39H,2,6,9-10,15-23H2,1H3,(H,35,41)(H,36,42)/t27-,29?/m1/s1. The minimum absolute atomic E-state index is 0.00466. The van der Waals surface area contributed by atoms with Crippen LogP contribution < -0.4 is 10.6 Å². The third-order valence-electron chi connectivity index (χ3n) is 8.48. The van der Waals surface area contributed by atoms with Crippen molar-refractivity contribution in [1.82, 2.24) is 20.4 Å². The average molecular weight is 637 g/mol. The molecule has 0 saturated carbocycles. The Labute approximate surface area is 269 Å². The van der Waals surface area contributed by atoms with Crippen LogP contribution >= 0.6 is 0 Å². The zero-order valence-electron chi connectivity index (χ0n) is 26.3. The molecule has 0 bridgehead atoms. The molecule has 1 unspecified atom stereocenters. The molecule has 2 aromatic rings. The Morgan fingerprint density at radius 1 is 0.913 bits per heavy atom. The minimum Gasteiger partial charge on any atom is -0.508 e. The van der Waals surface area contributed by atoms with Gasteiger partial charge in [0.15, 0.2) is 0 Å². The monoisotopic (exact) mass is 636 g/mol. The lowest BCUT2D eigenvalue weighted by atomic mass is 9.91. The molecule has 2 saturated heterocycles. The van der Waals surface area contributed by atoms with E-state index in [0.717, 1.165) is 24.8 Å². The van der Waals surface area contributed by atoms with Crippen LogP contribution in [0.3, 0.4) is 0 Å². The van der Waals surface area contributed by atoms with Gasteiger partial charge < -0.3 is 35.0 Å². The van der Waals surface area contributed by atoms with Crippen LogP contribution in [-0.4, -0.2) is 90.1 Å². The third kappa shape index (κ3) is 10.2. The molecule has 12 nitrogen and oxygen atoms in total. The number of nitrogens with zero attached hydrogens (tertiary/aromatic N) is 2. The number of rotatable bonds is 12. The molecule has 2 atom stereocenters. The van der Waals surface area contributed by atoms with E-state index in [1.807, 2.05) is 30.3 Å². The highest BCUT2D eigenvalue weighted by Crippen LogP contribution is 2.24. The van der Waals surface area contributed by atoms with Crippen molar-refractivity contribution in [3.05, 3.63) is 65.7 Å². The van der Waals surface area contributed by atoms with E-state index in [9.17, 15) is 29.1 Å². The summed E-state index contributed by atoms with van der Waals surface area (Å²) in [5.74, 6) is -1.60. The van der Waals surface area contributed by atoms with Gasteiger partial charge in [-0.3, -0.25) is 14.4 Å². The molecule has 2 aliphatic rings. The molecular formula is C34H44N4O8. The van der Waals surface area contributed by atoms with Crippen LogP contribution in [0.1, 0.15) is 61.4 Å². The summed E-state index contributed by atoms with van der Waals surface area (Å²) in [6, 6.07) is 14.0. The highest BCUT2D eigenvalue weighted by atomic mass is 16.6. The highest BCUT2D eigenvalue weighted by molar-refractivity contribution is 5.97. The minimum atomic E-state index is -1.11. The van der Waals surface area contributed by atoms with E-state index >= 15 is 0 Å². The van der Waals surface area contributed by atoms with Crippen LogP contribution in [0.4, 0.5) is 4.79 Å². The summed E-state index contributed by atoms with van der Waals surface area (Å²) < 4.78 is 10.5. The van der Waals surface area contributed by atoms with E-state index in [0.29, 0.717) is 51.4 Å². The maximum absolute atomic E-state index is 13.1. The van der Waals surface area contributed by atoms with Crippen LogP contribution in [0.15, 0.2) is 54.6 Å². The SMILES string of the molecule is CCOC(=O)C(CNC(=O)[C@@H]1CCCN(C(=O)CCC2CCN(C(=O)OCc3ccccc3)CC2)C1)NC(=O)c1ccc(O)cc1. The zero-order valence-corrected chi connectivity index (χ0v) is 26.3. The predicted molar refractivity (Wildman–Crippen MR) is 168 cm³/mol. The Morgan fingerprint density at radius 2 is 1.63 bits per heavy atom. The predicted octanol–water partition coefficient (Wildman–Crippen LogP) is 3.24. The summed E-state index contributed by atoms with van der Waals surface area (Å²) in [6.07, 6.45) is 3.70. The van der Waals surface area contributed by atoms with Crippen molar-refractivity contribution < 1.29 is 38.6 Å². The summed E-state index contributed by atoms with van der Waals surface area (Å²) in [4.78, 5) is 67.3. The van der Waals surface area contributed by atoms with Crippen LogP contribution in [0, 0.1) is 11.8 Å². The number of piperidine rings is 2. The van der Waals surface area contributed by atoms with Crippen molar-refractivity contribution in [2.45, 2.75) is 58.1 Å². The smallest absolute Gasteiger partial charge is 0.410 e. The first kappa shape index (κ1) is 34.3. The van der Waals surface area contributed by atoms with Gasteiger partial charge in [0.1, 0.15) is 18.4 Å². The first-order valence-electron chi connectivity index (χ1n) is 16.0. The van der Waals surface area contributed by atoms with E-state index in [4.69, 9.17) is 9.47 Å². The number of amides is 4. The second-order valence-corrected chi connectivity index (χ2v) is 11.8. The van der Waals surface area contributed by atoms with Crippen LogP contribution in [0.5, 0.6) is 5.75 Å². The number of nitrogens with one attached hydrogen (secondary N) is 2. The summed E-state index contributed by atoms with van der Waals surface area (Å²) in [6.45, 7) is 3.91. The van der Waals surface area contributed by atoms with Gasteiger partial charge in [-0.15, -0.1) is 0 Å². The van der Waals surface area contributed by atoms with Crippen LogP contribution in [0.2, 0.25) is 0 Å². The first-order chi connectivity index (χ1) is 22.2. The maximum Gasteiger partial charge on any atom is 0.410 e. The summed E-state index contributed by atoms with van der Waals surface area (Å²) in [5, 5.41) is 14.8. The number of likely N-dealkylation sites (tertiary alicyclic amines) is 2. The van der Waals surface area contributed by atoms with Gasteiger partial charge in [0.05, 0.1) is 12.5 Å². The lowest BCUT2D eigenvalue weighted by Crippen LogP contribution is -2.51. The number of hydrogen-bond donors (Lipinski definition) is 3. The van der Waals surface area contributed by atoms with E-state index < -0.39 is 23.8 Å². The van der Waals surface area contributed by atoms with Gasteiger partial charge in [-0.2, -0.15) is 0 Å². The fourth-order valence-corrected chi connectivity index (χ4v) is 5.76. The Morgan fingerprint density at radius 3 is 2.33 bits per heavy atom. The number of phenols is 1. The molecule has 0 radical (unpaired) electrons.